The Kier molecular flexibility index (Phi) is 4.59. The van der Waals surface area contributed by atoms with Gasteiger partial charge in [-0.25, -0.2) is 4.98 Å². The van der Waals surface area contributed by atoms with E-state index in [9.17, 15) is 0 Å². The standard InChI is InChI=1S/C13H19N3O3/c1-17-7-8-19-6-5-16-12-4-3-10(18-2)9-11(12)15-13(16)14/h3-4,9H,5-8H2,1-2H3,(H2,14,15). The first-order valence-corrected chi connectivity index (χ1v) is 6.12. The monoisotopic (exact) mass is 265 g/mol. The summed E-state index contributed by atoms with van der Waals surface area (Å²) in [5, 5.41) is 0. The molecule has 0 bridgehead atoms. The van der Waals surface area contributed by atoms with E-state index in [0.29, 0.717) is 32.3 Å². The number of ether oxygens (including phenoxy) is 3. The predicted octanol–water partition coefficient (Wildman–Crippen LogP) is 1.29. The predicted molar refractivity (Wildman–Crippen MR) is 73.4 cm³/mol. The molecule has 1 aromatic heterocycles. The Balaban J connectivity index is 2.07. The molecule has 0 atom stereocenters. The number of imidazole rings is 1. The van der Waals surface area contributed by atoms with Gasteiger partial charge in [0, 0.05) is 19.7 Å². The molecule has 2 rings (SSSR count). The van der Waals surface area contributed by atoms with Crippen molar-refractivity contribution >= 4 is 17.0 Å². The molecule has 0 aliphatic carbocycles. The van der Waals surface area contributed by atoms with Crippen LogP contribution in [-0.4, -0.2) is 43.6 Å². The fourth-order valence-corrected chi connectivity index (χ4v) is 1.89. The molecule has 0 aliphatic heterocycles. The summed E-state index contributed by atoms with van der Waals surface area (Å²) in [5.41, 5.74) is 7.72. The number of nitrogens with zero attached hydrogens (tertiary/aromatic N) is 2. The highest BCUT2D eigenvalue weighted by atomic mass is 16.5. The van der Waals surface area contributed by atoms with E-state index in [1.165, 1.54) is 0 Å². The minimum Gasteiger partial charge on any atom is -0.497 e. The summed E-state index contributed by atoms with van der Waals surface area (Å²) in [6, 6.07) is 5.71. The van der Waals surface area contributed by atoms with Crippen LogP contribution in [0.1, 0.15) is 0 Å². The number of methoxy groups -OCH3 is 2. The fourth-order valence-electron chi connectivity index (χ4n) is 1.89. The minimum absolute atomic E-state index is 0.485. The van der Waals surface area contributed by atoms with Crippen molar-refractivity contribution in [2.24, 2.45) is 0 Å². The van der Waals surface area contributed by atoms with Gasteiger partial charge in [0.2, 0.25) is 5.95 Å². The highest BCUT2D eigenvalue weighted by Crippen LogP contribution is 2.22. The third kappa shape index (κ3) is 3.15. The zero-order valence-corrected chi connectivity index (χ0v) is 11.3. The van der Waals surface area contributed by atoms with Crippen molar-refractivity contribution in [3.8, 4) is 5.75 Å². The normalized spacial score (nSPS) is 11.1. The van der Waals surface area contributed by atoms with E-state index in [1.54, 1.807) is 14.2 Å². The molecular weight excluding hydrogens is 246 g/mol. The molecule has 19 heavy (non-hydrogen) atoms. The topological polar surface area (TPSA) is 71.5 Å². The smallest absolute Gasteiger partial charge is 0.201 e. The van der Waals surface area contributed by atoms with Crippen LogP contribution < -0.4 is 10.5 Å². The van der Waals surface area contributed by atoms with E-state index in [-0.39, 0.29) is 0 Å². The zero-order valence-electron chi connectivity index (χ0n) is 11.3. The second-order valence-corrected chi connectivity index (χ2v) is 4.08. The average Bonchev–Trinajstić information content (AvgIpc) is 2.73. The van der Waals surface area contributed by atoms with Gasteiger partial charge in [0.25, 0.3) is 0 Å². The summed E-state index contributed by atoms with van der Waals surface area (Å²) in [4.78, 5) is 4.32. The molecule has 0 saturated carbocycles. The maximum atomic E-state index is 5.92. The Morgan fingerprint density at radius 1 is 1.21 bits per heavy atom. The van der Waals surface area contributed by atoms with Crippen LogP contribution in [-0.2, 0) is 16.0 Å². The largest absolute Gasteiger partial charge is 0.497 e. The quantitative estimate of drug-likeness (QED) is 0.764. The third-order valence-corrected chi connectivity index (χ3v) is 2.88. The Bertz CT molecular complexity index is 539. The van der Waals surface area contributed by atoms with Gasteiger partial charge < -0.3 is 24.5 Å². The summed E-state index contributed by atoms with van der Waals surface area (Å²) in [5.74, 6) is 1.26. The van der Waals surface area contributed by atoms with Crippen molar-refractivity contribution in [2.75, 3.05) is 39.8 Å². The van der Waals surface area contributed by atoms with Crippen LogP contribution in [0, 0.1) is 0 Å². The van der Waals surface area contributed by atoms with E-state index in [1.807, 2.05) is 22.8 Å². The van der Waals surface area contributed by atoms with Gasteiger partial charge in [-0.1, -0.05) is 0 Å². The lowest BCUT2D eigenvalue weighted by Crippen LogP contribution is -2.11. The number of benzene rings is 1. The van der Waals surface area contributed by atoms with Crippen LogP contribution in [0.3, 0.4) is 0 Å². The first kappa shape index (κ1) is 13.6. The van der Waals surface area contributed by atoms with Crippen LogP contribution in [0.2, 0.25) is 0 Å². The van der Waals surface area contributed by atoms with Gasteiger partial charge >= 0.3 is 0 Å². The summed E-state index contributed by atoms with van der Waals surface area (Å²) in [6.45, 7) is 2.41. The zero-order chi connectivity index (χ0) is 13.7. The van der Waals surface area contributed by atoms with Gasteiger partial charge in [-0.15, -0.1) is 0 Å². The molecule has 0 saturated heterocycles. The molecule has 1 aromatic carbocycles. The molecular formula is C13H19N3O3. The molecule has 6 nitrogen and oxygen atoms in total. The SMILES string of the molecule is COCCOCCn1c(N)nc2cc(OC)ccc21. The van der Waals surface area contributed by atoms with E-state index in [0.717, 1.165) is 16.8 Å². The van der Waals surface area contributed by atoms with Crippen molar-refractivity contribution in [1.29, 1.82) is 0 Å². The van der Waals surface area contributed by atoms with Crippen LogP contribution in [0.25, 0.3) is 11.0 Å². The average molecular weight is 265 g/mol. The van der Waals surface area contributed by atoms with Gasteiger partial charge in [0.05, 0.1) is 38.0 Å². The van der Waals surface area contributed by atoms with Crippen molar-refractivity contribution in [3.63, 3.8) is 0 Å². The number of hydrogen-bond acceptors (Lipinski definition) is 5. The molecule has 0 unspecified atom stereocenters. The number of anilines is 1. The van der Waals surface area contributed by atoms with E-state index in [4.69, 9.17) is 19.9 Å². The number of fused-ring (bicyclic) bond motifs is 1. The van der Waals surface area contributed by atoms with Crippen molar-refractivity contribution < 1.29 is 14.2 Å². The number of nitrogens with two attached hydrogens (primary N) is 1. The first-order valence-electron chi connectivity index (χ1n) is 6.12. The fraction of sp³-hybridized carbons (Fsp3) is 0.462. The number of hydrogen-bond donors (Lipinski definition) is 1. The molecule has 2 aromatic rings. The third-order valence-electron chi connectivity index (χ3n) is 2.88. The molecule has 1 heterocycles. The first-order chi connectivity index (χ1) is 9.26. The Morgan fingerprint density at radius 2 is 2.05 bits per heavy atom. The summed E-state index contributed by atoms with van der Waals surface area (Å²) in [7, 11) is 3.28. The van der Waals surface area contributed by atoms with Crippen molar-refractivity contribution in [1.82, 2.24) is 9.55 Å². The molecule has 2 N–H and O–H groups in total. The highest BCUT2D eigenvalue weighted by Gasteiger charge is 2.08. The molecule has 0 aliphatic rings. The lowest BCUT2D eigenvalue weighted by atomic mass is 10.3. The van der Waals surface area contributed by atoms with Gasteiger partial charge in [0.15, 0.2) is 0 Å². The van der Waals surface area contributed by atoms with Crippen LogP contribution in [0.5, 0.6) is 5.75 Å². The van der Waals surface area contributed by atoms with Gasteiger partial charge in [-0.2, -0.15) is 0 Å². The van der Waals surface area contributed by atoms with Crippen LogP contribution in [0.15, 0.2) is 18.2 Å². The number of aromatic nitrogens is 2. The van der Waals surface area contributed by atoms with Gasteiger partial charge in [0.1, 0.15) is 5.75 Å². The Morgan fingerprint density at radius 3 is 2.79 bits per heavy atom. The van der Waals surface area contributed by atoms with Crippen molar-refractivity contribution in [3.05, 3.63) is 18.2 Å². The lowest BCUT2D eigenvalue weighted by Gasteiger charge is -2.07. The summed E-state index contributed by atoms with van der Waals surface area (Å²) < 4.78 is 17.5. The molecule has 6 heteroatoms. The Hall–Kier alpha value is -1.79. The second-order valence-electron chi connectivity index (χ2n) is 4.08. The molecule has 0 fully saturated rings. The van der Waals surface area contributed by atoms with Crippen LogP contribution in [0.4, 0.5) is 5.95 Å². The maximum absolute atomic E-state index is 5.92. The molecule has 0 spiro atoms. The molecule has 0 amide bonds. The van der Waals surface area contributed by atoms with Crippen LogP contribution >= 0.6 is 0 Å². The van der Waals surface area contributed by atoms with Gasteiger partial charge in [-0.05, 0) is 12.1 Å². The number of rotatable bonds is 7. The highest BCUT2D eigenvalue weighted by molar-refractivity contribution is 5.79. The molecule has 0 radical (unpaired) electrons. The van der Waals surface area contributed by atoms with Crippen molar-refractivity contribution in [2.45, 2.75) is 6.54 Å². The van der Waals surface area contributed by atoms with E-state index < -0.39 is 0 Å². The Labute approximate surface area is 112 Å². The summed E-state index contributed by atoms with van der Waals surface area (Å²) in [6.07, 6.45) is 0. The second kappa shape index (κ2) is 6.40. The van der Waals surface area contributed by atoms with Gasteiger partial charge in [-0.3, -0.25) is 0 Å². The molecule has 104 valence electrons. The minimum atomic E-state index is 0.485. The maximum Gasteiger partial charge on any atom is 0.201 e. The van der Waals surface area contributed by atoms with E-state index in [2.05, 4.69) is 4.98 Å². The van der Waals surface area contributed by atoms with E-state index >= 15 is 0 Å². The lowest BCUT2D eigenvalue weighted by molar-refractivity contribution is 0.0671. The summed E-state index contributed by atoms with van der Waals surface area (Å²) >= 11 is 0. The number of nitrogen functional groups attached to an aromatic ring is 1.